The van der Waals surface area contributed by atoms with Crippen molar-refractivity contribution in [1.82, 2.24) is 5.16 Å². The zero-order valence-electron chi connectivity index (χ0n) is 11.9. The van der Waals surface area contributed by atoms with Gasteiger partial charge in [-0.15, -0.1) is 0 Å². The molecule has 7 heteroatoms. The van der Waals surface area contributed by atoms with Crippen molar-refractivity contribution in [3.05, 3.63) is 47.3 Å². The highest BCUT2D eigenvalue weighted by Gasteiger charge is 2.17. The summed E-state index contributed by atoms with van der Waals surface area (Å²) in [4.78, 5) is 0.263. The van der Waals surface area contributed by atoms with Crippen LogP contribution in [0.3, 0.4) is 0 Å². The summed E-state index contributed by atoms with van der Waals surface area (Å²) >= 11 is 0. The minimum absolute atomic E-state index is 0.0985. The Morgan fingerprint density at radius 3 is 2.43 bits per heavy atom. The van der Waals surface area contributed by atoms with Crippen LogP contribution in [0.15, 0.2) is 39.8 Å². The van der Waals surface area contributed by atoms with Crippen molar-refractivity contribution < 1.29 is 17.1 Å². The van der Waals surface area contributed by atoms with Crippen LogP contribution >= 0.6 is 0 Å². The van der Waals surface area contributed by atoms with E-state index in [4.69, 9.17) is 4.52 Å². The summed E-state index contributed by atoms with van der Waals surface area (Å²) in [5, 5.41) is 3.80. The summed E-state index contributed by atoms with van der Waals surface area (Å²) in [6.07, 6.45) is 0. The molecule has 0 aliphatic heterocycles. The highest BCUT2D eigenvalue weighted by molar-refractivity contribution is 7.93. The molecule has 5 nitrogen and oxygen atoms in total. The summed E-state index contributed by atoms with van der Waals surface area (Å²) in [5.74, 6) is 0.867. The molecule has 1 aromatic carbocycles. The van der Waals surface area contributed by atoms with Gasteiger partial charge in [-0.25, -0.2) is 8.42 Å². The number of aromatic nitrogens is 1. The van der Waals surface area contributed by atoms with Gasteiger partial charge in [-0.3, -0.25) is 4.21 Å². The third-order valence-corrected chi connectivity index (χ3v) is 6.43. The number of sulfone groups is 1. The van der Waals surface area contributed by atoms with E-state index in [0.717, 1.165) is 5.56 Å². The minimum Gasteiger partial charge on any atom is -0.361 e. The van der Waals surface area contributed by atoms with Gasteiger partial charge in [0.05, 0.1) is 22.1 Å². The lowest BCUT2D eigenvalue weighted by Gasteiger charge is -2.05. The molecule has 0 bridgehead atoms. The molecule has 0 unspecified atom stereocenters. The second-order valence-electron chi connectivity index (χ2n) is 4.72. The van der Waals surface area contributed by atoms with Gasteiger partial charge >= 0.3 is 0 Å². The Labute approximate surface area is 126 Å². The SMILES string of the molecule is Cc1noc(C)c1C[S@@](=O)CCS(=O)(=O)c1ccccc1. The first-order valence-electron chi connectivity index (χ1n) is 6.44. The molecule has 0 saturated heterocycles. The smallest absolute Gasteiger partial charge is 0.179 e. The number of hydrogen-bond acceptors (Lipinski definition) is 5. The van der Waals surface area contributed by atoms with E-state index in [0.29, 0.717) is 11.5 Å². The molecule has 0 fully saturated rings. The molecule has 1 atom stereocenters. The van der Waals surface area contributed by atoms with E-state index in [-0.39, 0.29) is 22.2 Å². The standard InChI is InChI=1S/C14H17NO4S2/c1-11-14(12(2)19-15-11)10-20(16)8-9-21(17,18)13-6-4-3-5-7-13/h3-7H,8-10H2,1-2H3/t20-/m0/s1. The molecule has 1 aromatic heterocycles. The van der Waals surface area contributed by atoms with E-state index < -0.39 is 20.6 Å². The molecule has 1 heterocycles. The molecule has 0 amide bonds. The second kappa shape index (κ2) is 6.53. The maximum atomic E-state index is 12.1. The van der Waals surface area contributed by atoms with Crippen LogP contribution in [0.4, 0.5) is 0 Å². The molecule has 0 radical (unpaired) electrons. The van der Waals surface area contributed by atoms with E-state index in [9.17, 15) is 12.6 Å². The number of rotatable bonds is 6. The highest BCUT2D eigenvalue weighted by atomic mass is 32.2. The normalized spacial score (nSPS) is 13.2. The molecular formula is C14H17NO4S2. The van der Waals surface area contributed by atoms with Crippen LogP contribution in [-0.2, 0) is 26.4 Å². The van der Waals surface area contributed by atoms with Crippen molar-refractivity contribution in [2.45, 2.75) is 24.5 Å². The Bertz CT molecular complexity index is 716. The summed E-state index contributed by atoms with van der Waals surface area (Å²) < 4.78 is 41.3. The molecule has 21 heavy (non-hydrogen) atoms. The Morgan fingerprint density at radius 1 is 1.19 bits per heavy atom. The van der Waals surface area contributed by atoms with Crippen molar-refractivity contribution in [2.24, 2.45) is 0 Å². The van der Waals surface area contributed by atoms with Crippen molar-refractivity contribution >= 4 is 20.6 Å². The minimum atomic E-state index is -3.39. The van der Waals surface area contributed by atoms with Crippen molar-refractivity contribution in [2.75, 3.05) is 11.5 Å². The Kier molecular flexibility index (Phi) is 4.95. The molecule has 0 saturated carbocycles. The highest BCUT2D eigenvalue weighted by Crippen LogP contribution is 2.15. The van der Waals surface area contributed by atoms with Crippen molar-refractivity contribution in [3.63, 3.8) is 0 Å². The number of aryl methyl sites for hydroxylation is 2. The molecule has 0 N–H and O–H groups in total. The topological polar surface area (TPSA) is 77.2 Å². The Hall–Kier alpha value is -1.47. The quantitative estimate of drug-likeness (QED) is 0.811. The monoisotopic (exact) mass is 327 g/mol. The van der Waals surface area contributed by atoms with E-state index in [1.54, 1.807) is 44.2 Å². The summed E-state index contributed by atoms with van der Waals surface area (Å²) in [6.45, 7) is 3.54. The second-order valence-corrected chi connectivity index (χ2v) is 8.41. The Balaban J connectivity index is 1.99. The molecular weight excluding hydrogens is 310 g/mol. The van der Waals surface area contributed by atoms with E-state index in [2.05, 4.69) is 5.16 Å². The van der Waals surface area contributed by atoms with E-state index >= 15 is 0 Å². The third-order valence-electron chi connectivity index (χ3n) is 3.17. The van der Waals surface area contributed by atoms with Gasteiger partial charge in [-0.05, 0) is 26.0 Å². The number of benzene rings is 1. The summed E-state index contributed by atoms with van der Waals surface area (Å²) in [6, 6.07) is 8.20. The molecule has 0 aliphatic rings. The van der Waals surface area contributed by atoms with E-state index in [1.807, 2.05) is 0 Å². The van der Waals surface area contributed by atoms with Gasteiger partial charge < -0.3 is 4.52 Å². The van der Waals surface area contributed by atoms with Crippen LogP contribution in [0.2, 0.25) is 0 Å². The van der Waals surface area contributed by atoms with Gasteiger partial charge in [0.15, 0.2) is 9.84 Å². The van der Waals surface area contributed by atoms with Gasteiger partial charge in [0.25, 0.3) is 0 Å². The lowest BCUT2D eigenvalue weighted by Crippen LogP contribution is -2.15. The number of nitrogens with zero attached hydrogens (tertiary/aromatic N) is 1. The molecule has 2 rings (SSSR count). The zero-order valence-corrected chi connectivity index (χ0v) is 13.5. The van der Waals surface area contributed by atoms with Crippen LogP contribution in [0.1, 0.15) is 17.0 Å². The Morgan fingerprint density at radius 2 is 1.86 bits per heavy atom. The van der Waals surface area contributed by atoms with Crippen LogP contribution < -0.4 is 0 Å². The predicted octanol–water partition coefficient (Wildman–Crippen LogP) is 2.01. The zero-order chi connectivity index (χ0) is 15.5. The summed E-state index contributed by atoms with van der Waals surface area (Å²) in [5.41, 5.74) is 1.50. The first kappa shape index (κ1) is 15.9. The van der Waals surface area contributed by atoms with Gasteiger partial charge in [-0.2, -0.15) is 0 Å². The van der Waals surface area contributed by atoms with E-state index in [1.165, 1.54) is 0 Å². The predicted molar refractivity (Wildman–Crippen MR) is 81.2 cm³/mol. The van der Waals surface area contributed by atoms with Gasteiger partial charge in [0.2, 0.25) is 0 Å². The average molecular weight is 327 g/mol. The fourth-order valence-electron chi connectivity index (χ4n) is 1.89. The maximum absolute atomic E-state index is 12.1. The first-order chi connectivity index (χ1) is 9.90. The maximum Gasteiger partial charge on any atom is 0.179 e. The molecule has 0 aliphatic carbocycles. The molecule has 2 aromatic rings. The summed E-state index contributed by atoms with van der Waals surface area (Å²) in [7, 11) is -4.66. The van der Waals surface area contributed by atoms with Crippen molar-refractivity contribution in [3.8, 4) is 0 Å². The largest absolute Gasteiger partial charge is 0.361 e. The molecule has 0 spiro atoms. The fourth-order valence-corrected chi connectivity index (χ4v) is 5.20. The van der Waals surface area contributed by atoms with Gasteiger partial charge in [0.1, 0.15) is 5.76 Å². The van der Waals surface area contributed by atoms with Crippen LogP contribution in [0.5, 0.6) is 0 Å². The van der Waals surface area contributed by atoms with Gasteiger partial charge in [-0.1, -0.05) is 23.4 Å². The van der Waals surface area contributed by atoms with Crippen LogP contribution in [0.25, 0.3) is 0 Å². The van der Waals surface area contributed by atoms with Crippen molar-refractivity contribution in [1.29, 1.82) is 0 Å². The average Bonchev–Trinajstić information content (AvgIpc) is 2.78. The fraction of sp³-hybridized carbons (Fsp3) is 0.357. The third kappa shape index (κ3) is 4.01. The molecule has 114 valence electrons. The van der Waals surface area contributed by atoms with Gasteiger partial charge in [0, 0.05) is 22.1 Å². The number of hydrogen-bond donors (Lipinski definition) is 0. The van der Waals surface area contributed by atoms with Crippen LogP contribution in [-0.4, -0.2) is 29.3 Å². The van der Waals surface area contributed by atoms with Crippen LogP contribution in [0, 0.1) is 13.8 Å². The lowest BCUT2D eigenvalue weighted by molar-refractivity contribution is 0.392. The lowest BCUT2D eigenvalue weighted by atomic mass is 10.2. The first-order valence-corrected chi connectivity index (χ1v) is 9.58.